The van der Waals surface area contributed by atoms with Crippen molar-refractivity contribution in [2.75, 3.05) is 0 Å². The number of rotatable bonds is 0. The summed E-state index contributed by atoms with van der Waals surface area (Å²) < 4.78 is 0. The van der Waals surface area contributed by atoms with Crippen LogP contribution < -0.4 is 0 Å². The summed E-state index contributed by atoms with van der Waals surface area (Å²) in [6.07, 6.45) is 13.3. The summed E-state index contributed by atoms with van der Waals surface area (Å²) in [5.74, 6) is 0. The van der Waals surface area contributed by atoms with E-state index in [0.29, 0.717) is 0 Å². The van der Waals surface area contributed by atoms with Gasteiger partial charge in [0.2, 0.25) is 0 Å². The number of aryl methyl sites for hydroxylation is 2. The van der Waals surface area contributed by atoms with Crippen LogP contribution in [0.1, 0.15) is 60.8 Å². The normalized spacial score (nSPS) is 17.7. The Morgan fingerprint density at radius 2 is 1.24 bits per heavy atom. The van der Waals surface area contributed by atoms with Crippen molar-refractivity contribution in [1.82, 2.24) is 0 Å². The van der Waals surface area contributed by atoms with Gasteiger partial charge in [0, 0.05) is 6.42 Å². The summed E-state index contributed by atoms with van der Waals surface area (Å²) in [6.45, 7) is 0. The van der Waals surface area contributed by atoms with Crippen molar-refractivity contribution < 1.29 is 0 Å². The molecule has 2 aliphatic rings. The van der Waals surface area contributed by atoms with Gasteiger partial charge in [0.15, 0.2) is 0 Å². The summed E-state index contributed by atoms with van der Waals surface area (Å²) in [6, 6.07) is 13.8. The van der Waals surface area contributed by atoms with Crippen molar-refractivity contribution in [3.05, 3.63) is 65.1 Å². The highest BCUT2D eigenvalue weighted by Crippen LogP contribution is 2.40. The van der Waals surface area contributed by atoms with Crippen molar-refractivity contribution in [3.63, 3.8) is 0 Å². The molecule has 2 aliphatic carbocycles. The first-order valence-electron chi connectivity index (χ1n) is 8.52. The molecule has 0 aliphatic heterocycles. The first-order valence-corrected chi connectivity index (χ1v) is 8.52. The highest BCUT2D eigenvalue weighted by atomic mass is 14.2. The minimum absolute atomic E-state index is 1.27. The van der Waals surface area contributed by atoms with E-state index in [1.54, 1.807) is 11.1 Å². The van der Waals surface area contributed by atoms with E-state index in [-0.39, 0.29) is 0 Å². The maximum atomic E-state index is 2.49. The molecule has 2 aromatic carbocycles. The third kappa shape index (κ3) is 2.52. The van der Waals surface area contributed by atoms with Crippen LogP contribution in [0.15, 0.2) is 36.4 Å². The molecule has 0 amide bonds. The molecule has 0 unspecified atom stereocenters. The maximum Gasteiger partial charge on any atom is 0.0212 e. The van der Waals surface area contributed by atoms with Gasteiger partial charge in [0.05, 0.1) is 0 Å². The van der Waals surface area contributed by atoms with E-state index in [1.807, 2.05) is 0 Å². The predicted octanol–water partition coefficient (Wildman–Crippen LogP) is 5.71. The van der Waals surface area contributed by atoms with Gasteiger partial charge < -0.3 is 0 Å². The van der Waals surface area contributed by atoms with E-state index in [9.17, 15) is 0 Å². The monoisotopic (exact) mass is 275 g/mol. The lowest BCUT2D eigenvalue weighted by molar-refractivity contribution is 0.581. The molecule has 0 aromatic heterocycles. The van der Waals surface area contributed by atoms with Gasteiger partial charge in [-0.1, -0.05) is 62.1 Å². The minimum atomic E-state index is 1.27. The van der Waals surface area contributed by atoms with Crippen molar-refractivity contribution in [2.24, 2.45) is 0 Å². The topological polar surface area (TPSA) is 0 Å². The summed E-state index contributed by atoms with van der Waals surface area (Å²) in [5, 5.41) is 0. The van der Waals surface area contributed by atoms with Crippen LogP contribution in [-0.4, -0.2) is 0 Å². The summed E-state index contributed by atoms with van der Waals surface area (Å²) in [5.41, 5.74) is 8.93. The lowest BCUT2D eigenvalue weighted by atomic mass is 9.90. The van der Waals surface area contributed by atoms with Crippen molar-refractivity contribution in [1.29, 1.82) is 0 Å². The van der Waals surface area contributed by atoms with Gasteiger partial charge in [-0.2, -0.15) is 0 Å². The smallest absolute Gasteiger partial charge is 0.0212 e. The first-order chi connectivity index (χ1) is 10.4. The molecule has 0 bridgehead atoms. The summed E-state index contributed by atoms with van der Waals surface area (Å²) in [7, 11) is 0. The Balaban J connectivity index is 1.74. The van der Waals surface area contributed by atoms with Gasteiger partial charge in [-0.25, -0.2) is 0 Å². The largest absolute Gasteiger partial charge is 0.0619 e. The fourth-order valence-electron chi connectivity index (χ4n) is 3.90. The molecule has 0 saturated heterocycles. The van der Waals surface area contributed by atoms with Gasteiger partial charge >= 0.3 is 0 Å². The van der Waals surface area contributed by atoms with E-state index >= 15 is 0 Å². The SMILES string of the molecule is [CH]1c2ccccc2-c2cc3c(cc21)CCCCCCCC3. The van der Waals surface area contributed by atoms with Crippen LogP contribution in [0, 0.1) is 6.42 Å². The molecule has 0 heteroatoms. The molecule has 0 nitrogen and oxygen atoms in total. The number of benzene rings is 2. The van der Waals surface area contributed by atoms with Crippen molar-refractivity contribution >= 4 is 0 Å². The third-order valence-electron chi connectivity index (χ3n) is 5.08. The molecule has 0 N–H and O–H groups in total. The Kier molecular flexibility index (Phi) is 3.55. The first kappa shape index (κ1) is 13.1. The lowest BCUT2D eigenvalue weighted by Gasteiger charge is -2.15. The highest BCUT2D eigenvalue weighted by molar-refractivity contribution is 5.82. The zero-order valence-corrected chi connectivity index (χ0v) is 12.7. The quantitative estimate of drug-likeness (QED) is 0.493. The van der Waals surface area contributed by atoms with Crippen LogP contribution in [0.25, 0.3) is 11.1 Å². The second kappa shape index (κ2) is 5.67. The summed E-state index contributed by atoms with van der Waals surface area (Å²) in [4.78, 5) is 0. The molecule has 1 radical (unpaired) electrons. The Labute approximate surface area is 128 Å². The fourth-order valence-corrected chi connectivity index (χ4v) is 3.90. The van der Waals surface area contributed by atoms with E-state index in [1.165, 1.54) is 73.6 Å². The zero-order chi connectivity index (χ0) is 14.1. The molecule has 0 saturated carbocycles. The maximum absolute atomic E-state index is 2.49. The van der Waals surface area contributed by atoms with Crippen molar-refractivity contribution in [2.45, 2.75) is 51.4 Å². The molecule has 0 fully saturated rings. The van der Waals surface area contributed by atoms with Gasteiger partial charge in [0.25, 0.3) is 0 Å². The van der Waals surface area contributed by atoms with E-state index < -0.39 is 0 Å². The molecule has 2 aromatic rings. The molecule has 21 heavy (non-hydrogen) atoms. The van der Waals surface area contributed by atoms with E-state index in [2.05, 4.69) is 42.8 Å². The van der Waals surface area contributed by atoms with E-state index in [0.717, 1.165) is 0 Å². The Morgan fingerprint density at radius 1 is 0.571 bits per heavy atom. The van der Waals surface area contributed by atoms with Crippen LogP contribution in [0.5, 0.6) is 0 Å². The third-order valence-corrected chi connectivity index (χ3v) is 5.08. The van der Waals surface area contributed by atoms with Gasteiger partial charge in [0.1, 0.15) is 0 Å². The van der Waals surface area contributed by atoms with Gasteiger partial charge in [-0.05, 0) is 59.1 Å². The van der Waals surface area contributed by atoms with Crippen LogP contribution >= 0.6 is 0 Å². The van der Waals surface area contributed by atoms with Crippen LogP contribution in [-0.2, 0) is 12.8 Å². The standard InChI is InChI=1S/C21H23/c1-2-4-6-10-17-15-21-19(13-16(17)9-5-3-1)14-18-11-7-8-12-20(18)21/h7-8,11-15H,1-6,9-10H2. The molecule has 107 valence electrons. The second-order valence-electron chi connectivity index (χ2n) is 6.56. The van der Waals surface area contributed by atoms with Crippen LogP contribution in [0.3, 0.4) is 0 Å². The fraction of sp³-hybridized carbons (Fsp3) is 0.381. The zero-order valence-electron chi connectivity index (χ0n) is 12.7. The number of hydrogen-bond donors (Lipinski definition) is 0. The lowest BCUT2D eigenvalue weighted by Crippen LogP contribution is -1.99. The second-order valence-corrected chi connectivity index (χ2v) is 6.56. The predicted molar refractivity (Wildman–Crippen MR) is 89.5 cm³/mol. The number of fused-ring (bicyclic) bond motifs is 4. The van der Waals surface area contributed by atoms with E-state index in [4.69, 9.17) is 0 Å². The molecular formula is C21H23. The molecular weight excluding hydrogens is 252 g/mol. The Bertz CT molecular complexity index is 651. The van der Waals surface area contributed by atoms with Gasteiger partial charge in [-0.15, -0.1) is 0 Å². The van der Waals surface area contributed by atoms with Crippen molar-refractivity contribution in [3.8, 4) is 11.1 Å². The van der Waals surface area contributed by atoms with Crippen LogP contribution in [0.4, 0.5) is 0 Å². The highest BCUT2D eigenvalue weighted by Gasteiger charge is 2.20. The molecule has 0 heterocycles. The van der Waals surface area contributed by atoms with Gasteiger partial charge in [-0.3, -0.25) is 0 Å². The minimum Gasteiger partial charge on any atom is -0.0619 e. The molecule has 0 atom stereocenters. The molecule has 0 spiro atoms. The summed E-state index contributed by atoms with van der Waals surface area (Å²) >= 11 is 0. The average Bonchev–Trinajstić information content (AvgIpc) is 2.88. The molecule has 4 rings (SSSR count). The Hall–Kier alpha value is -1.56. The number of hydrogen-bond acceptors (Lipinski definition) is 0. The van der Waals surface area contributed by atoms with Crippen LogP contribution in [0.2, 0.25) is 0 Å². The Morgan fingerprint density at radius 3 is 2.05 bits per heavy atom. The average molecular weight is 275 g/mol.